The van der Waals surface area contributed by atoms with E-state index in [2.05, 4.69) is 19.2 Å². The van der Waals surface area contributed by atoms with E-state index in [1.165, 1.54) is 0 Å². The fourth-order valence-electron chi connectivity index (χ4n) is 2.17. The third kappa shape index (κ3) is 5.42. The second kappa shape index (κ2) is 8.97. The van der Waals surface area contributed by atoms with Crippen LogP contribution in [-0.4, -0.2) is 62.0 Å². The monoisotopic (exact) mass is 285 g/mol. The van der Waals surface area contributed by atoms with Crippen LogP contribution >= 0.6 is 24.8 Å². The summed E-state index contributed by atoms with van der Waals surface area (Å²) in [7, 11) is 3.95. The van der Waals surface area contributed by atoms with Crippen molar-refractivity contribution in [1.82, 2.24) is 15.1 Å². The van der Waals surface area contributed by atoms with Crippen LogP contribution in [0.4, 0.5) is 0 Å². The van der Waals surface area contributed by atoms with E-state index in [1.54, 1.807) is 0 Å². The smallest absolute Gasteiger partial charge is 0.240 e. The summed E-state index contributed by atoms with van der Waals surface area (Å²) in [5.41, 5.74) is 0. The van der Waals surface area contributed by atoms with Gasteiger partial charge in [-0.05, 0) is 20.0 Å². The lowest BCUT2D eigenvalue weighted by Crippen LogP contribution is -2.54. The van der Waals surface area contributed by atoms with Gasteiger partial charge in [0, 0.05) is 26.2 Å². The second-order valence-corrected chi connectivity index (χ2v) is 4.73. The molecule has 0 saturated carbocycles. The molecule has 17 heavy (non-hydrogen) atoms. The van der Waals surface area contributed by atoms with E-state index < -0.39 is 0 Å². The maximum atomic E-state index is 12.2. The minimum Gasteiger partial charge on any atom is -0.339 e. The molecule has 6 heteroatoms. The van der Waals surface area contributed by atoms with E-state index in [0.717, 1.165) is 26.2 Å². The summed E-state index contributed by atoms with van der Waals surface area (Å²) in [6.07, 6.45) is 0. The zero-order chi connectivity index (χ0) is 11.4. The summed E-state index contributed by atoms with van der Waals surface area (Å²) in [6, 6.07) is 0.0168. The Morgan fingerprint density at radius 1 is 1.18 bits per heavy atom. The van der Waals surface area contributed by atoms with Crippen LogP contribution in [0.1, 0.15) is 13.8 Å². The Hall–Kier alpha value is -0.0300. The summed E-state index contributed by atoms with van der Waals surface area (Å²) in [5.74, 6) is 0.638. The minimum atomic E-state index is 0. The fraction of sp³-hybridized carbons (Fsp3) is 0.909. The van der Waals surface area contributed by atoms with Gasteiger partial charge in [-0.3, -0.25) is 9.69 Å². The summed E-state index contributed by atoms with van der Waals surface area (Å²) in [5, 5.41) is 3.26. The summed E-state index contributed by atoms with van der Waals surface area (Å²) in [6.45, 7) is 7.73. The molecule has 1 rings (SSSR count). The van der Waals surface area contributed by atoms with Crippen molar-refractivity contribution in [1.29, 1.82) is 0 Å². The van der Waals surface area contributed by atoms with Gasteiger partial charge < -0.3 is 10.2 Å². The molecule has 0 aromatic rings. The first-order chi connectivity index (χ1) is 7.04. The van der Waals surface area contributed by atoms with Crippen LogP contribution in [0.3, 0.4) is 0 Å². The number of rotatable bonds is 3. The molecule has 0 radical (unpaired) electrons. The number of carbonyl (C=O) groups excluding carboxylic acids is 1. The highest BCUT2D eigenvalue weighted by atomic mass is 35.5. The maximum Gasteiger partial charge on any atom is 0.240 e. The third-order valence-electron chi connectivity index (χ3n) is 2.87. The summed E-state index contributed by atoms with van der Waals surface area (Å²) >= 11 is 0. The molecule has 104 valence electrons. The lowest BCUT2D eigenvalue weighted by molar-refractivity contribution is -0.138. The molecule has 1 atom stereocenters. The lowest BCUT2D eigenvalue weighted by atomic mass is 10.0. The van der Waals surface area contributed by atoms with Gasteiger partial charge in [-0.25, -0.2) is 0 Å². The highest BCUT2D eigenvalue weighted by Gasteiger charge is 2.29. The van der Waals surface area contributed by atoms with Gasteiger partial charge in [-0.15, -0.1) is 24.8 Å². The van der Waals surface area contributed by atoms with Crippen LogP contribution in [-0.2, 0) is 4.79 Å². The number of carbonyl (C=O) groups is 1. The number of hydrogen-bond donors (Lipinski definition) is 1. The molecule has 0 unspecified atom stereocenters. The van der Waals surface area contributed by atoms with Gasteiger partial charge in [0.25, 0.3) is 0 Å². The van der Waals surface area contributed by atoms with Gasteiger partial charge in [0.05, 0.1) is 6.04 Å². The average molecular weight is 286 g/mol. The van der Waals surface area contributed by atoms with E-state index in [0.29, 0.717) is 5.92 Å². The number of amides is 1. The van der Waals surface area contributed by atoms with Crippen molar-refractivity contribution in [2.24, 2.45) is 5.92 Å². The number of nitrogens with one attached hydrogen (secondary N) is 1. The summed E-state index contributed by atoms with van der Waals surface area (Å²) < 4.78 is 0. The molecule has 0 spiro atoms. The molecule has 1 N–H and O–H groups in total. The van der Waals surface area contributed by atoms with Crippen molar-refractivity contribution in [3.8, 4) is 0 Å². The predicted octanol–water partition coefficient (Wildman–Crippen LogP) is 0.848. The Morgan fingerprint density at radius 3 is 2.00 bits per heavy atom. The van der Waals surface area contributed by atoms with Crippen LogP contribution < -0.4 is 5.32 Å². The highest BCUT2D eigenvalue weighted by molar-refractivity contribution is 5.85. The molecule has 4 nitrogen and oxygen atoms in total. The molecule has 0 bridgehead atoms. The SMILES string of the molecule is CC(C)[C@@H](C(=O)N1CCNCC1)N(C)C.Cl.Cl. The maximum absolute atomic E-state index is 12.2. The highest BCUT2D eigenvalue weighted by Crippen LogP contribution is 2.11. The Kier molecular flexibility index (Phi) is 10.2. The van der Waals surface area contributed by atoms with Crippen LogP contribution in [0, 0.1) is 5.92 Å². The van der Waals surface area contributed by atoms with Crippen molar-refractivity contribution in [2.75, 3.05) is 40.3 Å². The molecule has 1 saturated heterocycles. The molecule has 1 aliphatic heterocycles. The van der Waals surface area contributed by atoms with Crippen LogP contribution in [0.5, 0.6) is 0 Å². The van der Waals surface area contributed by atoms with Crippen LogP contribution in [0.15, 0.2) is 0 Å². The molecule has 0 aromatic carbocycles. The number of nitrogens with zero attached hydrogens (tertiary/aromatic N) is 2. The molecule has 1 amide bonds. The average Bonchev–Trinajstić information content (AvgIpc) is 2.18. The molecule has 1 fully saturated rings. The Bertz CT molecular complexity index is 211. The van der Waals surface area contributed by atoms with Gasteiger partial charge >= 0.3 is 0 Å². The standard InChI is InChI=1S/C11H23N3O.2ClH/c1-9(2)10(13(3)4)11(15)14-7-5-12-6-8-14;;/h9-10,12H,5-8H2,1-4H3;2*1H/t10-;;/m0../s1. The topological polar surface area (TPSA) is 35.6 Å². The first kappa shape index (κ1) is 19.3. The Morgan fingerprint density at radius 2 is 1.65 bits per heavy atom. The van der Waals surface area contributed by atoms with Crippen LogP contribution in [0.2, 0.25) is 0 Å². The lowest BCUT2D eigenvalue weighted by Gasteiger charge is -2.35. The van der Waals surface area contributed by atoms with Gasteiger partial charge in [0.2, 0.25) is 5.91 Å². The van der Waals surface area contributed by atoms with Gasteiger partial charge in [-0.1, -0.05) is 13.8 Å². The number of likely N-dealkylation sites (N-methyl/N-ethyl adjacent to an activating group) is 1. The van der Waals surface area contributed by atoms with Crippen molar-refractivity contribution >= 4 is 30.7 Å². The van der Waals surface area contributed by atoms with Crippen molar-refractivity contribution in [3.63, 3.8) is 0 Å². The van der Waals surface area contributed by atoms with Crippen molar-refractivity contribution in [2.45, 2.75) is 19.9 Å². The van der Waals surface area contributed by atoms with Crippen molar-refractivity contribution < 1.29 is 4.79 Å². The first-order valence-corrected chi connectivity index (χ1v) is 5.70. The number of piperazine rings is 1. The number of hydrogen-bond acceptors (Lipinski definition) is 3. The molecular formula is C11H25Cl2N3O. The zero-order valence-corrected chi connectivity index (χ0v) is 12.7. The molecule has 0 aromatic heterocycles. The molecular weight excluding hydrogens is 261 g/mol. The van der Waals surface area contributed by atoms with E-state index >= 15 is 0 Å². The zero-order valence-electron chi connectivity index (χ0n) is 11.1. The van der Waals surface area contributed by atoms with E-state index in [1.807, 2.05) is 23.9 Å². The minimum absolute atomic E-state index is 0. The molecule has 1 aliphatic rings. The summed E-state index contributed by atoms with van der Waals surface area (Å²) in [4.78, 5) is 16.2. The van der Waals surface area contributed by atoms with Crippen LogP contribution in [0.25, 0.3) is 0 Å². The predicted molar refractivity (Wildman–Crippen MR) is 76.3 cm³/mol. The fourth-order valence-corrected chi connectivity index (χ4v) is 2.17. The second-order valence-electron chi connectivity index (χ2n) is 4.73. The van der Waals surface area contributed by atoms with Crippen molar-refractivity contribution in [3.05, 3.63) is 0 Å². The first-order valence-electron chi connectivity index (χ1n) is 5.70. The number of halogens is 2. The Balaban J connectivity index is 0. The van der Waals surface area contributed by atoms with Gasteiger partial charge in [-0.2, -0.15) is 0 Å². The third-order valence-corrected chi connectivity index (χ3v) is 2.87. The van der Waals surface area contributed by atoms with E-state index in [4.69, 9.17) is 0 Å². The largest absolute Gasteiger partial charge is 0.339 e. The quantitative estimate of drug-likeness (QED) is 0.835. The molecule has 0 aliphatic carbocycles. The Labute approximate surface area is 117 Å². The van der Waals surface area contributed by atoms with E-state index in [-0.39, 0.29) is 36.8 Å². The van der Waals surface area contributed by atoms with Gasteiger partial charge in [0.15, 0.2) is 0 Å². The van der Waals surface area contributed by atoms with Gasteiger partial charge in [0.1, 0.15) is 0 Å². The normalized spacial score (nSPS) is 17.4. The van der Waals surface area contributed by atoms with E-state index in [9.17, 15) is 4.79 Å². The molecule has 1 heterocycles.